The number of methoxy groups -OCH3 is 3. The Morgan fingerprint density at radius 1 is 0.788 bits per heavy atom. The zero-order valence-corrected chi connectivity index (χ0v) is 42.8. The fraction of sp³-hybridized carbons (Fsp3) is 0.673. The topological polar surface area (TPSA) is 150 Å². The van der Waals surface area contributed by atoms with Crippen LogP contribution in [-0.2, 0) is 51.0 Å². The molecule has 4 amide bonds. The lowest BCUT2D eigenvalue weighted by Gasteiger charge is -2.41. The zero-order chi connectivity index (χ0) is 49.4. The Morgan fingerprint density at radius 3 is 1.95 bits per heavy atom. The van der Waals surface area contributed by atoms with Crippen molar-refractivity contribution in [1.29, 1.82) is 0 Å². The summed E-state index contributed by atoms with van der Waals surface area (Å²) in [6, 6.07) is 15.3. The van der Waals surface area contributed by atoms with Crippen LogP contribution in [-0.4, -0.2) is 148 Å². The number of nitrogens with zero attached hydrogens (tertiary/aromatic N) is 4. The number of amides is 4. The largest absolute Gasteiger partial charge is 0.467 e. The van der Waals surface area contributed by atoms with Gasteiger partial charge in [0.2, 0.25) is 23.6 Å². The first-order valence-electron chi connectivity index (χ1n) is 24.1. The molecule has 2 N–H and O–H groups in total. The van der Waals surface area contributed by atoms with E-state index in [9.17, 15) is 24.0 Å². The van der Waals surface area contributed by atoms with E-state index in [1.54, 1.807) is 30.9 Å². The maximum atomic E-state index is 14.7. The van der Waals surface area contributed by atoms with E-state index in [0.29, 0.717) is 32.0 Å². The van der Waals surface area contributed by atoms with Crippen molar-refractivity contribution in [2.45, 2.75) is 149 Å². The standard InChI is InChI=1S/C52H84N6O8/c1-16-36(8)47(57(12)51(62)45(33(2)3)54-50(61)46(34(4)5)55(10)30-28-38-24-26-40(27-25-38)56(11)35(6)7)43(64-13)32-44(59)58-29-20-23-42(58)48(65-14)37(9)49(60)53-41(52(63)66-15)31-39-21-18-17-19-22-39/h17-19,21-22,24-27,33-37,41-43,45-48H,16,20,23,28-32H2,1-15H3,(H,53,60)(H,54,61)/t36-,37+,41-,42-,43+,45-,46-,47-,48+/m0/s1. The van der Waals surface area contributed by atoms with Gasteiger partial charge >= 0.3 is 5.97 Å². The van der Waals surface area contributed by atoms with E-state index in [2.05, 4.69) is 65.6 Å². The fourth-order valence-corrected chi connectivity index (χ4v) is 9.42. The Kier molecular flexibility index (Phi) is 22.6. The predicted molar refractivity (Wildman–Crippen MR) is 262 cm³/mol. The van der Waals surface area contributed by atoms with Gasteiger partial charge in [-0.3, -0.25) is 24.1 Å². The lowest BCUT2D eigenvalue weighted by atomic mass is 9.89. The van der Waals surface area contributed by atoms with Gasteiger partial charge < -0.3 is 39.5 Å². The summed E-state index contributed by atoms with van der Waals surface area (Å²) in [6.45, 7) is 19.2. The van der Waals surface area contributed by atoms with Crippen molar-refractivity contribution in [1.82, 2.24) is 25.3 Å². The molecule has 2 aromatic carbocycles. The van der Waals surface area contributed by atoms with E-state index in [1.807, 2.05) is 78.9 Å². The van der Waals surface area contributed by atoms with Gasteiger partial charge in [0.15, 0.2) is 0 Å². The summed E-state index contributed by atoms with van der Waals surface area (Å²) in [5.41, 5.74) is 3.22. The molecular formula is C52H84N6O8. The van der Waals surface area contributed by atoms with E-state index in [1.165, 1.54) is 19.8 Å². The van der Waals surface area contributed by atoms with Crippen LogP contribution in [0.3, 0.4) is 0 Å². The monoisotopic (exact) mass is 921 g/mol. The lowest BCUT2D eigenvalue weighted by molar-refractivity contribution is -0.149. The first kappa shape index (κ1) is 55.8. The summed E-state index contributed by atoms with van der Waals surface area (Å²) in [6.07, 6.45) is 1.77. The third-order valence-corrected chi connectivity index (χ3v) is 13.8. The number of carbonyl (C=O) groups excluding carboxylic acids is 5. The maximum Gasteiger partial charge on any atom is 0.328 e. The van der Waals surface area contributed by atoms with Gasteiger partial charge in [0, 0.05) is 59.6 Å². The molecular weight excluding hydrogens is 837 g/mol. The van der Waals surface area contributed by atoms with E-state index in [-0.39, 0.29) is 54.2 Å². The Morgan fingerprint density at radius 2 is 1.42 bits per heavy atom. The minimum atomic E-state index is -0.899. The number of benzene rings is 2. The fourth-order valence-electron chi connectivity index (χ4n) is 9.42. The van der Waals surface area contributed by atoms with E-state index in [0.717, 1.165) is 24.1 Å². The Balaban J connectivity index is 1.76. The van der Waals surface area contributed by atoms with Crippen LogP contribution >= 0.6 is 0 Å². The van der Waals surface area contributed by atoms with Gasteiger partial charge in [0.1, 0.15) is 12.1 Å². The van der Waals surface area contributed by atoms with Gasteiger partial charge in [-0.05, 0) is 81.2 Å². The number of ether oxygens (including phenoxy) is 3. The Bertz CT molecular complexity index is 1830. The molecule has 370 valence electrons. The number of likely N-dealkylation sites (N-methyl/N-ethyl adjacent to an activating group) is 2. The molecule has 66 heavy (non-hydrogen) atoms. The lowest BCUT2D eigenvalue weighted by Crippen LogP contribution is -2.60. The van der Waals surface area contributed by atoms with Crippen LogP contribution in [0.4, 0.5) is 5.69 Å². The van der Waals surface area contributed by atoms with Crippen molar-refractivity contribution in [3.8, 4) is 0 Å². The number of hydrogen-bond acceptors (Lipinski definition) is 10. The highest BCUT2D eigenvalue weighted by Gasteiger charge is 2.43. The molecule has 14 nitrogen and oxygen atoms in total. The van der Waals surface area contributed by atoms with E-state index in [4.69, 9.17) is 14.2 Å². The number of likely N-dealkylation sites (tertiary alicyclic amines) is 1. The second kappa shape index (κ2) is 26.7. The van der Waals surface area contributed by atoms with E-state index >= 15 is 0 Å². The molecule has 9 atom stereocenters. The smallest absolute Gasteiger partial charge is 0.328 e. The maximum absolute atomic E-state index is 14.7. The normalized spacial score (nSPS) is 17.7. The molecule has 1 aliphatic rings. The van der Waals surface area contributed by atoms with Gasteiger partial charge in [-0.2, -0.15) is 0 Å². The summed E-state index contributed by atoms with van der Waals surface area (Å²) >= 11 is 0. The summed E-state index contributed by atoms with van der Waals surface area (Å²) < 4.78 is 17.1. The number of rotatable bonds is 26. The molecule has 3 rings (SSSR count). The number of carbonyl (C=O) groups is 5. The molecule has 0 unspecified atom stereocenters. The second-order valence-electron chi connectivity index (χ2n) is 19.4. The molecule has 14 heteroatoms. The first-order valence-corrected chi connectivity index (χ1v) is 24.1. The molecule has 1 heterocycles. The van der Waals surface area contributed by atoms with E-state index < -0.39 is 54.3 Å². The Labute approximate surface area is 396 Å². The van der Waals surface area contributed by atoms with Crippen molar-refractivity contribution < 1.29 is 38.2 Å². The summed E-state index contributed by atoms with van der Waals surface area (Å²) in [4.78, 5) is 77.6. The molecule has 0 radical (unpaired) electrons. The van der Waals surface area contributed by atoms with Crippen LogP contribution in [0.5, 0.6) is 0 Å². The minimum absolute atomic E-state index is 0.00575. The second-order valence-corrected chi connectivity index (χ2v) is 19.4. The average Bonchev–Trinajstić information content (AvgIpc) is 3.78. The van der Waals surface area contributed by atoms with Gasteiger partial charge in [0.05, 0.1) is 49.8 Å². The Hall–Kier alpha value is -4.53. The number of esters is 1. The van der Waals surface area contributed by atoms with Crippen LogP contribution in [0, 0.1) is 23.7 Å². The number of nitrogens with one attached hydrogen (secondary N) is 2. The summed E-state index contributed by atoms with van der Waals surface area (Å²) in [5, 5.41) is 6.03. The van der Waals surface area contributed by atoms with Gasteiger partial charge in [-0.15, -0.1) is 0 Å². The minimum Gasteiger partial charge on any atom is -0.467 e. The van der Waals surface area contributed by atoms with Crippen LogP contribution < -0.4 is 15.5 Å². The highest BCUT2D eigenvalue weighted by atomic mass is 16.5. The van der Waals surface area contributed by atoms with Crippen molar-refractivity contribution in [3.05, 3.63) is 65.7 Å². The molecule has 1 aliphatic heterocycles. The summed E-state index contributed by atoms with van der Waals surface area (Å²) in [5.74, 6) is -2.55. The van der Waals surface area contributed by atoms with Crippen molar-refractivity contribution in [2.75, 3.05) is 60.5 Å². The van der Waals surface area contributed by atoms with Crippen molar-refractivity contribution in [2.24, 2.45) is 23.7 Å². The first-order chi connectivity index (χ1) is 31.2. The van der Waals surface area contributed by atoms with Crippen LogP contribution in [0.25, 0.3) is 0 Å². The number of anilines is 1. The van der Waals surface area contributed by atoms with Gasteiger partial charge in [-0.1, -0.05) is 97.4 Å². The van der Waals surface area contributed by atoms with Gasteiger partial charge in [0.25, 0.3) is 0 Å². The molecule has 0 aromatic heterocycles. The number of hydrogen-bond donors (Lipinski definition) is 2. The molecule has 2 aromatic rings. The molecule has 1 fully saturated rings. The van der Waals surface area contributed by atoms with Crippen LogP contribution in [0.1, 0.15) is 99.1 Å². The predicted octanol–water partition coefficient (Wildman–Crippen LogP) is 5.99. The van der Waals surface area contributed by atoms with Crippen LogP contribution in [0.2, 0.25) is 0 Å². The molecule has 0 aliphatic carbocycles. The quantitative estimate of drug-likeness (QED) is 0.108. The highest BCUT2D eigenvalue weighted by molar-refractivity contribution is 5.90. The van der Waals surface area contributed by atoms with Crippen molar-refractivity contribution >= 4 is 35.3 Å². The van der Waals surface area contributed by atoms with Crippen LogP contribution in [0.15, 0.2) is 54.6 Å². The summed E-state index contributed by atoms with van der Waals surface area (Å²) in [7, 11) is 10.2. The third kappa shape index (κ3) is 15.0. The molecule has 0 saturated carbocycles. The molecule has 1 saturated heterocycles. The SMILES string of the molecule is CC[C@H](C)[C@@H]([C@@H](CC(=O)N1CCC[C@H]1[C@H](OC)[C@@H](C)C(=O)N[C@@H](Cc1ccccc1)C(=O)OC)OC)N(C)C(=O)[C@@H](NC(=O)[C@H](C(C)C)N(C)CCc1ccc(N(C)C(C)C)cc1)C(C)C. The van der Waals surface area contributed by atoms with Crippen molar-refractivity contribution in [3.63, 3.8) is 0 Å². The molecule has 0 bridgehead atoms. The third-order valence-electron chi connectivity index (χ3n) is 13.8. The van der Waals surface area contributed by atoms with Gasteiger partial charge in [-0.25, -0.2) is 4.79 Å². The molecule has 0 spiro atoms. The highest BCUT2D eigenvalue weighted by Crippen LogP contribution is 2.30. The zero-order valence-electron chi connectivity index (χ0n) is 42.8. The average molecular weight is 921 g/mol.